The van der Waals surface area contributed by atoms with Crippen molar-refractivity contribution < 1.29 is 0 Å². The molecule has 0 spiro atoms. The summed E-state index contributed by atoms with van der Waals surface area (Å²) in [6.07, 6.45) is 3.65. The lowest BCUT2D eigenvalue weighted by molar-refractivity contribution is 0.929. The molecule has 0 nitrogen and oxygen atoms in total. The number of hydrogen-bond acceptors (Lipinski definition) is 0. The van der Waals surface area contributed by atoms with Crippen LogP contribution in [0.5, 0.6) is 0 Å². The lowest BCUT2D eigenvalue weighted by atomic mass is 10.1. The molecule has 0 saturated carbocycles. The Morgan fingerprint density at radius 3 is 1.70 bits per heavy atom. The Bertz CT molecular complexity index is 662. The lowest BCUT2D eigenvalue weighted by Crippen LogP contribution is -2.14. The van der Waals surface area contributed by atoms with Crippen LogP contribution in [0.2, 0.25) is 0 Å². The summed E-state index contributed by atoms with van der Waals surface area (Å²) in [6.45, 7) is 2.15. The first-order chi connectivity index (χ1) is 11.3. The second kappa shape index (κ2) is 8.09. The molecule has 0 heterocycles. The van der Waals surface area contributed by atoms with E-state index in [9.17, 15) is 0 Å². The quantitative estimate of drug-likeness (QED) is 0.557. The van der Waals surface area contributed by atoms with Crippen molar-refractivity contribution in [2.75, 3.05) is 6.16 Å². The van der Waals surface area contributed by atoms with Gasteiger partial charge in [-0.2, -0.15) is 0 Å². The fourth-order valence-electron chi connectivity index (χ4n) is 2.82. The van der Waals surface area contributed by atoms with Gasteiger partial charge < -0.3 is 0 Å². The number of hydrogen-bond donors (Lipinski definition) is 0. The monoisotopic (exact) mass is 318 g/mol. The Hall–Kier alpha value is -1.91. The minimum Gasteiger partial charge on any atom is -0.0622 e. The van der Waals surface area contributed by atoms with E-state index < -0.39 is 0 Å². The zero-order valence-electron chi connectivity index (χ0n) is 13.7. The van der Waals surface area contributed by atoms with Crippen molar-refractivity contribution in [1.82, 2.24) is 0 Å². The van der Waals surface area contributed by atoms with Crippen LogP contribution in [0.25, 0.3) is 0 Å². The van der Waals surface area contributed by atoms with E-state index in [1.54, 1.807) is 0 Å². The normalized spacial score (nSPS) is 10.9. The van der Waals surface area contributed by atoms with E-state index in [0.717, 1.165) is 0 Å². The smallest absolute Gasteiger partial charge is 0.0195 e. The van der Waals surface area contributed by atoms with Gasteiger partial charge in [-0.25, -0.2) is 0 Å². The van der Waals surface area contributed by atoms with Crippen LogP contribution in [0.4, 0.5) is 0 Å². The Morgan fingerprint density at radius 1 is 0.652 bits per heavy atom. The molecule has 3 rings (SSSR count). The third kappa shape index (κ3) is 4.53. The summed E-state index contributed by atoms with van der Waals surface area (Å²) in [5, 5.41) is 2.97. The number of benzene rings is 3. The predicted octanol–water partition coefficient (Wildman–Crippen LogP) is 5.06. The van der Waals surface area contributed by atoms with Gasteiger partial charge in [0.25, 0.3) is 0 Å². The van der Waals surface area contributed by atoms with Crippen LogP contribution >= 0.6 is 7.92 Å². The highest BCUT2D eigenvalue weighted by atomic mass is 31.1. The fourth-order valence-corrected chi connectivity index (χ4v) is 5.17. The van der Waals surface area contributed by atoms with Gasteiger partial charge in [0.05, 0.1) is 0 Å². The molecule has 3 aromatic rings. The molecule has 116 valence electrons. The molecule has 3 aromatic carbocycles. The van der Waals surface area contributed by atoms with Gasteiger partial charge in [-0.1, -0.05) is 90.5 Å². The molecule has 0 aliphatic heterocycles. The first kappa shape index (κ1) is 16.0. The minimum atomic E-state index is -0.253. The highest BCUT2D eigenvalue weighted by Gasteiger charge is 2.12. The predicted molar refractivity (Wildman–Crippen MR) is 103 cm³/mol. The summed E-state index contributed by atoms with van der Waals surface area (Å²) >= 11 is 0. The van der Waals surface area contributed by atoms with Crippen LogP contribution < -0.4 is 10.6 Å². The summed E-state index contributed by atoms with van der Waals surface area (Å²) in [6, 6.07) is 30.9. The average molecular weight is 318 g/mol. The third-order valence-electron chi connectivity index (χ3n) is 4.10. The van der Waals surface area contributed by atoms with Crippen LogP contribution in [-0.4, -0.2) is 6.16 Å². The molecule has 0 N–H and O–H groups in total. The van der Waals surface area contributed by atoms with Gasteiger partial charge >= 0.3 is 0 Å². The summed E-state index contributed by atoms with van der Waals surface area (Å²) in [5.41, 5.74) is 2.79. The Morgan fingerprint density at radius 2 is 1.17 bits per heavy atom. The van der Waals surface area contributed by atoms with Crippen molar-refractivity contribution >= 4 is 18.5 Å². The van der Waals surface area contributed by atoms with Crippen molar-refractivity contribution in [2.45, 2.75) is 19.8 Å². The largest absolute Gasteiger partial charge is 0.0622 e. The van der Waals surface area contributed by atoms with E-state index in [1.807, 2.05) is 0 Å². The summed E-state index contributed by atoms with van der Waals surface area (Å²) in [5.74, 6) is 0. The van der Waals surface area contributed by atoms with Crippen molar-refractivity contribution in [3.8, 4) is 0 Å². The van der Waals surface area contributed by atoms with Crippen molar-refractivity contribution in [1.29, 1.82) is 0 Å². The molecule has 0 radical (unpaired) electrons. The zero-order chi connectivity index (χ0) is 15.9. The molecule has 0 aliphatic rings. The van der Waals surface area contributed by atoms with Crippen molar-refractivity contribution in [3.05, 3.63) is 96.1 Å². The summed E-state index contributed by atoms with van der Waals surface area (Å²) < 4.78 is 0. The van der Waals surface area contributed by atoms with E-state index in [-0.39, 0.29) is 7.92 Å². The van der Waals surface area contributed by atoms with Gasteiger partial charge in [0.1, 0.15) is 0 Å². The summed E-state index contributed by atoms with van der Waals surface area (Å²) in [7, 11) is -0.253. The number of rotatable bonds is 6. The van der Waals surface area contributed by atoms with Gasteiger partial charge in [0.15, 0.2) is 0 Å². The van der Waals surface area contributed by atoms with Gasteiger partial charge in [-0.05, 0) is 50.0 Å². The van der Waals surface area contributed by atoms with Gasteiger partial charge in [0, 0.05) is 0 Å². The topological polar surface area (TPSA) is 0 Å². The molecule has 0 saturated heterocycles. The van der Waals surface area contributed by atoms with Crippen LogP contribution in [-0.2, 0) is 6.42 Å². The highest BCUT2D eigenvalue weighted by molar-refractivity contribution is 7.73. The fraction of sp³-hybridized carbons (Fsp3) is 0.182. The average Bonchev–Trinajstić information content (AvgIpc) is 2.62. The standard InChI is InChI=1S/C22H23P/c1-19-14-16-20(17-15-19)9-8-18-23(21-10-4-2-5-11-21)22-12-6-3-7-13-22/h2-7,10-17H,8-9,18H2,1H3. The van der Waals surface area contributed by atoms with Crippen LogP contribution in [0.1, 0.15) is 17.5 Å². The lowest BCUT2D eigenvalue weighted by Gasteiger charge is -2.18. The molecule has 23 heavy (non-hydrogen) atoms. The first-order valence-electron chi connectivity index (χ1n) is 8.26. The molecule has 1 heteroatoms. The van der Waals surface area contributed by atoms with E-state index >= 15 is 0 Å². The molecular weight excluding hydrogens is 295 g/mol. The second-order valence-corrected chi connectivity index (χ2v) is 8.25. The maximum absolute atomic E-state index is 2.28. The Labute approximate surface area is 141 Å². The molecule has 0 amide bonds. The zero-order valence-corrected chi connectivity index (χ0v) is 14.5. The van der Waals surface area contributed by atoms with E-state index in [2.05, 4.69) is 91.9 Å². The van der Waals surface area contributed by atoms with E-state index in [0.29, 0.717) is 0 Å². The highest BCUT2D eigenvalue weighted by Crippen LogP contribution is 2.34. The molecule has 0 atom stereocenters. The first-order valence-corrected chi connectivity index (χ1v) is 9.79. The molecule has 0 aromatic heterocycles. The molecular formula is C22H23P. The van der Waals surface area contributed by atoms with Crippen molar-refractivity contribution in [2.24, 2.45) is 0 Å². The van der Waals surface area contributed by atoms with E-state index in [4.69, 9.17) is 0 Å². The maximum Gasteiger partial charge on any atom is -0.0195 e. The molecule has 0 aliphatic carbocycles. The molecule has 0 bridgehead atoms. The van der Waals surface area contributed by atoms with Crippen LogP contribution in [0.3, 0.4) is 0 Å². The Balaban J connectivity index is 1.71. The minimum absolute atomic E-state index is 0.253. The maximum atomic E-state index is 2.28. The van der Waals surface area contributed by atoms with Crippen LogP contribution in [0.15, 0.2) is 84.9 Å². The van der Waals surface area contributed by atoms with E-state index in [1.165, 1.54) is 40.7 Å². The van der Waals surface area contributed by atoms with Gasteiger partial charge in [0.2, 0.25) is 0 Å². The van der Waals surface area contributed by atoms with Gasteiger partial charge in [-0.3, -0.25) is 0 Å². The SMILES string of the molecule is Cc1ccc(CCCP(c2ccccc2)c2ccccc2)cc1. The Kier molecular flexibility index (Phi) is 5.61. The second-order valence-electron chi connectivity index (χ2n) is 5.91. The van der Waals surface area contributed by atoms with Gasteiger partial charge in [-0.15, -0.1) is 0 Å². The molecule has 0 unspecified atom stereocenters. The molecule has 0 fully saturated rings. The van der Waals surface area contributed by atoms with Crippen molar-refractivity contribution in [3.63, 3.8) is 0 Å². The summed E-state index contributed by atoms with van der Waals surface area (Å²) in [4.78, 5) is 0. The third-order valence-corrected chi connectivity index (χ3v) is 6.71. The number of aryl methyl sites for hydroxylation is 2. The van der Waals surface area contributed by atoms with Crippen LogP contribution in [0, 0.1) is 6.92 Å².